The number of anilines is 3. The molecular weight excluding hydrogens is 342 g/mol. The van der Waals surface area contributed by atoms with E-state index in [0.717, 1.165) is 29.8 Å². The third-order valence-corrected chi connectivity index (χ3v) is 5.04. The lowest BCUT2D eigenvalue weighted by Gasteiger charge is -2.25. The number of benzene rings is 1. The van der Waals surface area contributed by atoms with Crippen molar-refractivity contribution in [2.24, 2.45) is 0 Å². The molecule has 1 fully saturated rings. The predicted octanol–water partition coefficient (Wildman–Crippen LogP) is 3.71. The van der Waals surface area contributed by atoms with Crippen LogP contribution in [0, 0.1) is 0 Å². The van der Waals surface area contributed by atoms with Crippen molar-refractivity contribution in [1.29, 1.82) is 0 Å². The van der Waals surface area contributed by atoms with E-state index < -0.39 is 0 Å². The minimum Gasteiger partial charge on any atom is -0.381 e. The number of urea groups is 1. The number of amides is 3. The second kappa shape index (κ2) is 7.65. The van der Waals surface area contributed by atoms with Gasteiger partial charge in [-0.05, 0) is 31.0 Å². The third-order valence-electron chi connectivity index (χ3n) is 5.04. The molecule has 7 nitrogen and oxygen atoms in total. The van der Waals surface area contributed by atoms with Crippen molar-refractivity contribution in [2.45, 2.75) is 44.7 Å². The number of aromatic nitrogens is 1. The number of nitrogens with zero attached hydrogens (tertiary/aromatic N) is 1. The van der Waals surface area contributed by atoms with Gasteiger partial charge in [0.2, 0.25) is 0 Å². The molecule has 1 saturated carbocycles. The van der Waals surface area contributed by atoms with E-state index in [1.54, 1.807) is 6.07 Å². The van der Waals surface area contributed by atoms with Crippen LogP contribution in [0.25, 0.3) is 0 Å². The molecule has 0 spiro atoms. The fourth-order valence-corrected chi connectivity index (χ4v) is 3.59. The maximum absolute atomic E-state index is 12.7. The summed E-state index contributed by atoms with van der Waals surface area (Å²) in [6.07, 6.45) is 7.61. The van der Waals surface area contributed by atoms with Gasteiger partial charge in [-0.25, -0.2) is 9.78 Å². The lowest BCUT2D eigenvalue weighted by atomic mass is 9.95. The highest BCUT2D eigenvalue weighted by atomic mass is 16.2. The van der Waals surface area contributed by atoms with E-state index in [0.29, 0.717) is 24.0 Å². The van der Waals surface area contributed by atoms with E-state index in [1.165, 1.54) is 25.5 Å². The SMILES string of the molecule is O=C1NCc2cc(C(=O)Nc3ccccc3NC3CCCCC3)cnc2N1. The molecule has 1 aliphatic carbocycles. The Morgan fingerprint density at radius 2 is 1.89 bits per heavy atom. The van der Waals surface area contributed by atoms with Gasteiger partial charge in [0.15, 0.2) is 0 Å². The number of carbonyl (C=O) groups is 2. The molecule has 0 atom stereocenters. The molecule has 3 amide bonds. The summed E-state index contributed by atoms with van der Waals surface area (Å²) in [5, 5.41) is 11.9. The first-order chi connectivity index (χ1) is 13.2. The Balaban J connectivity index is 1.49. The largest absolute Gasteiger partial charge is 0.381 e. The van der Waals surface area contributed by atoms with Crippen LogP contribution in [0.4, 0.5) is 22.0 Å². The molecule has 1 aliphatic heterocycles. The maximum atomic E-state index is 12.7. The average molecular weight is 365 g/mol. The number of nitrogens with one attached hydrogen (secondary N) is 4. The van der Waals surface area contributed by atoms with Crippen LogP contribution in [0.15, 0.2) is 36.5 Å². The van der Waals surface area contributed by atoms with E-state index in [9.17, 15) is 9.59 Å². The average Bonchev–Trinajstić information content (AvgIpc) is 2.70. The Hall–Kier alpha value is -3.09. The molecule has 27 heavy (non-hydrogen) atoms. The summed E-state index contributed by atoms with van der Waals surface area (Å²) in [5.74, 6) is 0.273. The third kappa shape index (κ3) is 4.02. The minimum atomic E-state index is -0.282. The quantitative estimate of drug-likeness (QED) is 0.664. The lowest BCUT2D eigenvalue weighted by molar-refractivity contribution is 0.102. The van der Waals surface area contributed by atoms with Crippen LogP contribution in [0.2, 0.25) is 0 Å². The Morgan fingerprint density at radius 1 is 1.11 bits per heavy atom. The van der Waals surface area contributed by atoms with Gasteiger partial charge in [-0.15, -0.1) is 0 Å². The maximum Gasteiger partial charge on any atom is 0.320 e. The van der Waals surface area contributed by atoms with Crippen LogP contribution in [-0.2, 0) is 6.54 Å². The van der Waals surface area contributed by atoms with Crippen LogP contribution in [-0.4, -0.2) is 23.0 Å². The van der Waals surface area contributed by atoms with E-state index in [4.69, 9.17) is 0 Å². The van der Waals surface area contributed by atoms with E-state index in [2.05, 4.69) is 26.3 Å². The zero-order valence-corrected chi connectivity index (χ0v) is 15.0. The van der Waals surface area contributed by atoms with Crippen LogP contribution in [0.5, 0.6) is 0 Å². The van der Waals surface area contributed by atoms with Crippen molar-refractivity contribution in [3.05, 3.63) is 47.7 Å². The zero-order valence-electron chi connectivity index (χ0n) is 15.0. The summed E-state index contributed by atoms with van der Waals surface area (Å²) in [6.45, 7) is 0.356. The van der Waals surface area contributed by atoms with Crippen molar-refractivity contribution in [2.75, 3.05) is 16.0 Å². The fourth-order valence-electron chi connectivity index (χ4n) is 3.59. The molecule has 2 heterocycles. The summed E-state index contributed by atoms with van der Waals surface area (Å²) >= 11 is 0. The first-order valence-electron chi connectivity index (χ1n) is 9.40. The van der Waals surface area contributed by atoms with Gasteiger partial charge in [-0.2, -0.15) is 0 Å². The Morgan fingerprint density at radius 3 is 2.70 bits per heavy atom. The van der Waals surface area contributed by atoms with Crippen molar-refractivity contribution in [1.82, 2.24) is 10.3 Å². The van der Waals surface area contributed by atoms with E-state index in [-0.39, 0.29) is 11.9 Å². The summed E-state index contributed by atoms with van der Waals surface area (Å²) in [4.78, 5) is 28.3. The lowest BCUT2D eigenvalue weighted by Crippen LogP contribution is -2.34. The van der Waals surface area contributed by atoms with Crippen molar-refractivity contribution in [3.63, 3.8) is 0 Å². The van der Waals surface area contributed by atoms with Crippen LogP contribution in [0.3, 0.4) is 0 Å². The van der Waals surface area contributed by atoms with Gasteiger partial charge in [-0.1, -0.05) is 31.4 Å². The molecule has 1 aromatic carbocycles. The van der Waals surface area contributed by atoms with Crippen molar-refractivity contribution < 1.29 is 9.59 Å². The molecule has 7 heteroatoms. The van der Waals surface area contributed by atoms with Crippen LogP contribution in [0.1, 0.15) is 48.0 Å². The van der Waals surface area contributed by atoms with Crippen molar-refractivity contribution in [3.8, 4) is 0 Å². The van der Waals surface area contributed by atoms with E-state index in [1.807, 2.05) is 24.3 Å². The highest BCUT2D eigenvalue weighted by molar-refractivity contribution is 6.06. The molecule has 4 rings (SSSR count). The molecule has 0 radical (unpaired) electrons. The highest BCUT2D eigenvalue weighted by Crippen LogP contribution is 2.27. The fraction of sp³-hybridized carbons (Fsp3) is 0.350. The summed E-state index contributed by atoms with van der Waals surface area (Å²) < 4.78 is 0. The molecule has 2 aliphatic rings. The minimum absolute atomic E-state index is 0.222. The first-order valence-corrected chi connectivity index (χ1v) is 9.40. The zero-order chi connectivity index (χ0) is 18.6. The molecule has 0 unspecified atom stereocenters. The Kier molecular flexibility index (Phi) is 4.91. The van der Waals surface area contributed by atoms with Crippen LogP contribution < -0.4 is 21.3 Å². The topological polar surface area (TPSA) is 95.2 Å². The van der Waals surface area contributed by atoms with Gasteiger partial charge >= 0.3 is 6.03 Å². The normalized spacial score (nSPS) is 16.7. The second-order valence-corrected chi connectivity index (χ2v) is 7.02. The number of para-hydroxylation sites is 2. The number of rotatable bonds is 4. The molecule has 2 aromatic rings. The molecular formula is C20H23N5O2. The smallest absolute Gasteiger partial charge is 0.320 e. The molecule has 140 valence electrons. The van der Waals surface area contributed by atoms with Gasteiger partial charge in [-0.3, -0.25) is 10.1 Å². The summed E-state index contributed by atoms with van der Waals surface area (Å²) in [7, 11) is 0. The Bertz CT molecular complexity index is 861. The number of hydrogen-bond donors (Lipinski definition) is 4. The second-order valence-electron chi connectivity index (χ2n) is 7.02. The van der Waals surface area contributed by atoms with Gasteiger partial charge < -0.3 is 16.0 Å². The highest BCUT2D eigenvalue weighted by Gasteiger charge is 2.19. The Labute approximate surface area is 158 Å². The number of fused-ring (bicyclic) bond motifs is 1. The molecule has 4 N–H and O–H groups in total. The first kappa shape index (κ1) is 17.3. The number of pyridine rings is 1. The number of hydrogen-bond acceptors (Lipinski definition) is 4. The molecule has 0 saturated heterocycles. The summed E-state index contributed by atoms with van der Waals surface area (Å²) in [6, 6.07) is 9.70. The van der Waals surface area contributed by atoms with E-state index >= 15 is 0 Å². The molecule has 0 bridgehead atoms. The van der Waals surface area contributed by atoms with Gasteiger partial charge in [0.1, 0.15) is 5.82 Å². The van der Waals surface area contributed by atoms with Gasteiger partial charge in [0.05, 0.1) is 16.9 Å². The van der Waals surface area contributed by atoms with Crippen molar-refractivity contribution >= 4 is 29.1 Å². The molecule has 1 aromatic heterocycles. The summed E-state index contributed by atoms with van der Waals surface area (Å²) in [5.41, 5.74) is 2.95. The van der Waals surface area contributed by atoms with Crippen LogP contribution >= 0.6 is 0 Å². The number of carbonyl (C=O) groups excluding carboxylic acids is 2. The predicted molar refractivity (Wildman–Crippen MR) is 105 cm³/mol. The van der Waals surface area contributed by atoms with Gasteiger partial charge in [0.25, 0.3) is 5.91 Å². The standard InChI is InChI=1S/C20H23N5O2/c26-19(14-10-13-11-22-20(27)25-18(13)21-12-14)24-17-9-5-4-8-16(17)23-15-6-2-1-3-7-15/h4-5,8-10,12,15,23H,1-3,6-7,11H2,(H,24,26)(H2,21,22,25,27). The monoisotopic (exact) mass is 365 g/mol. The van der Waals surface area contributed by atoms with Gasteiger partial charge in [0, 0.05) is 24.3 Å².